The van der Waals surface area contributed by atoms with Crippen LogP contribution in [0.1, 0.15) is 26.2 Å². The zero-order valence-corrected chi connectivity index (χ0v) is 7.49. The van der Waals surface area contributed by atoms with E-state index < -0.39 is 0 Å². The van der Waals surface area contributed by atoms with E-state index in [1.165, 1.54) is 18.6 Å². The van der Waals surface area contributed by atoms with Crippen molar-refractivity contribution in [2.75, 3.05) is 11.5 Å². The lowest BCUT2D eigenvalue weighted by atomic mass is 10.3. The van der Waals surface area contributed by atoms with Gasteiger partial charge in [-0.3, -0.25) is 0 Å². The predicted octanol–water partition coefficient (Wildman–Crippen LogP) is 1.87. The van der Waals surface area contributed by atoms with E-state index in [4.69, 9.17) is 5.73 Å². The van der Waals surface area contributed by atoms with Gasteiger partial charge < -0.3 is 5.73 Å². The molecular formula is C8H17NS. The molecule has 0 spiro atoms. The highest BCUT2D eigenvalue weighted by atomic mass is 32.2. The van der Waals surface area contributed by atoms with E-state index >= 15 is 0 Å². The summed E-state index contributed by atoms with van der Waals surface area (Å²) >= 11 is 2.03. The van der Waals surface area contributed by atoms with E-state index in [9.17, 15) is 0 Å². The molecule has 1 atom stereocenters. The van der Waals surface area contributed by atoms with E-state index in [1.54, 1.807) is 0 Å². The first kappa shape index (κ1) is 8.41. The number of thioether (sulfide) groups is 1. The Balaban J connectivity index is 1.83. The van der Waals surface area contributed by atoms with Crippen molar-refractivity contribution < 1.29 is 0 Å². The van der Waals surface area contributed by atoms with Gasteiger partial charge in [0.1, 0.15) is 0 Å². The molecule has 1 fully saturated rings. The first-order chi connectivity index (χ1) is 4.83. The van der Waals surface area contributed by atoms with Gasteiger partial charge in [0.15, 0.2) is 0 Å². The van der Waals surface area contributed by atoms with Crippen LogP contribution >= 0.6 is 11.8 Å². The van der Waals surface area contributed by atoms with Gasteiger partial charge >= 0.3 is 0 Å². The van der Waals surface area contributed by atoms with Crippen LogP contribution in [0.15, 0.2) is 0 Å². The van der Waals surface area contributed by atoms with E-state index in [2.05, 4.69) is 6.92 Å². The standard InChI is InChI=1S/C8H17NS/c1-2-8(9)6-10-5-7-3-4-7/h7-8H,2-6,9H2,1H3. The molecule has 1 aliphatic rings. The number of hydrogen-bond acceptors (Lipinski definition) is 2. The Morgan fingerprint density at radius 2 is 2.30 bits per heavy atom. The fourth-order valence-electron chi connectivity index (χ4n) is 0.788. The van der Waals surface area contributed by atoms with E-state index in [-0.39, 0.29) is 0 Å². The minimum absolute atomic E-state index is 0.434. The van der Waals surface area contributed by atoms with Crippen molar-refractivity contribution in [3.05, 3.63) is 0 Å². The second-order valence-electron chi connectivity index (χ2n) is 3.15. The number of rotatable bonds is 5. The van der Waals surface area contributed by atoms with E-state index in [0.29, 0.717) is 6.04 Å². The van der Waals surface area contributed by atoms with Crippen molar-refractivity contribution >= 4 is 11.8 Å². The Morgan fingerprint density at radius 3 is 2.80 bits per heavy atom. The molecule has 1 nitrogen and oxygen atoms in total. The second kappa shape index (κ2) is 4.24. The maximum Gasteiger partial charge on any atom is 0.0127 e. The largest absolute Gasteiger partial charge is 0.327 e. The normalized spacial score (nSPS) is 21.0. The van der Waals surface area contributed by atoms with E-state index in [0.717, 1.165) is 18.1 Å². The average Bonchev–Trinajstić information content (AvgIpc) is 2.71. The topological polar surface area (TPSA) is 26.0 Å². The zero-order chi connectivity index (χ0) is 7.40. The van der Waals surface area contributed by atoms with Gasteiger partial charge in [0.05, 0.1) is 0 Å². The molecule has 0 aliphatic heterocycles. The fourth-order valence-corrected chi connectivity index (χ4v) is 2.13. The molecule has 2 heteroatoms. The van der Waals surface area contributed by atoms with Gasteiger partial charge in [0, 0.05) is 11.8 Å². The lowest BCUT2D eigenvalue weighted by Gasteiger charge is -2.06. The summed E-state index contributed by atoms with van der Waals surface area (Å²) in [6.45, 7) is 2.16. The molecule has 10 heavy (non-hydrogen) atoms. The predicted molar refractivity (Wildman–Crippen MR) is 48.3 cm³/mol. The van der Waals surface area contributed by atoms with Gasteiger partial charge in [-0.1, -0.05) is 6.92 Å². The van der Waals surface area contributed by atoms with Crippen LogP contribution < -0.4 is 5.73 Å². The van der Waals surface area contributed by atoms with Crippen LogP contribution in [0, 0.1) is 5.92 Å². The van der Waals surface area contributed by atoms with Crippen LogP contribution in [0.5, 0.6) is 0 Å². The third-order valence-electron chi connectivity index (χ3n) is 1.91. The smallest absolute Gasteiger partial charge is 0.0127 e. The first-order valence-electron chi connectivity index (χ1n) is 4.16. The van der Waals surface area contributed by atoms with Gasteiger partial charge in [-0.05, 0) is 30.9 Å². The van der Waals surface area contributed by atoms with Crippen LogP contribution in [0.2, 0.25) is 0 Å². The van der Waals surface area contributed by atoms with Crippen LogP contribution in [-0.2, 0) is 0 Å². The molecule has 0 aromatic rings. The zero-order valence-electron chi connectivity index (χ0n) is 6.68. The molecule has 1 saturated carbocycles. The molecule has 2 N–H and O–H groups in total. The minimum atomic E-state index is 0.434. The van der Waals surface area contributed by atoms with Crippen molar-refractivity contribution in [2.45, 2.75) is 32.2 Å². The monoisotopic (exact) mass is 159 g/mol. The van der Waals surface area contributed by atoms with Crippen molar-refractivity contribution in [1.82, 2.24) is 0 Å². The lowest BCUT2D eigenvalue weighted by Crippen LogP contribution is -2.21. The second-order valence-corrected chi connectivity index (χ2v) is 4.22. The quantitative estimate of drug-likeness (QED) is 0.662. The molecule has 1 rings (SSSR count). The Hall–Kier alpha value is 0.310. The fraction of sp³-hybridized carbons (Fsp3) is 1.00. The van der Waals surface area contributed by atoms with Gasteiger partial charge in [0.2, 0.25) is 0 Å². The molecule has 0 aromatic heterocycles. The Kier molecular flexibility index (Phi) is 3.57. The van der Waals surface area contributed by atoms with Gasteiger partial charge in [-0.25, -0.2) is 0 Å². The molecular weight excluding hydrogens is 142 g/mol. The van der Waals surface area contributed by atoms with Crippen molar-refractivity contribution in [3.8, 4) is 0 Å². The highest BCUT2D eigenvalue weighted by molar-refractivity contribution is 7.99. The molecule has 0 saturated heterocycles. The van der Waals surface area contributed by atoms with Crippen LogP contribution in [-0.4, -0.2) is 17.5 Å². The summed E-state index contributed by atoms with van der Waals surface area (Å²) in [4.78, 5) is 0. The van der Waals surface area contributed by atoms with Gasteiger partial charge in [0.25, 0.3) is 0 Å². The SMILES string of the molecule is CCC(N)CSCC1CC1. The van der Waals surface area contributed by atoms with Crippen LogP contribution in [0.4, 0.5) is 0 Å². The van der Waals surface area contributed by atoms with Crippen molar-refractivity contribution in [1.29, 1.82) is 0 Å². The van der Waals surface area contributed by atoms with Crippen molar-refractivity contribution in [3.63, 3.8) is 0 Å². The molecule has 0 radical (unpaired) electrons. The molecule has 1 aliphatic carbocycles. The minimum Gasteiger partial charge on any atom is -0.327 e. The Morgan fingerprint density at radius 1 is 1.60 bits per heavy atom. The third kappa shape index (κ3) is 3.47. The molecule has 60 valence electrons. The number of nitrogens with two attached hydrogens (primary N) is 1. The molecule has 0 aromatic carbocycles. The maximum atomic E-state index is 5.76. The summed E-state index contributed by atoms with van der Waals surface area (Å²) in [5, 5.41) is 0. The average molecular weight is 159 g/mol. The van der Waals surface area contributed by atoms with Crippen LogP contribution in [0.25, 0.3) is 0 Å². The molecule has 0 heterocycles. The summed E-state index contributed by atoms with van der Waals surface area (Å²) in [5.74, 6) is 3.56. The maximum absolute atomic E-state index is 5.76. The Bertz CT molecular complexity index is 91.3. The Labute approximate surface area is 67.8 Å². The summed E-state index contributed by atoms with van der Waals surface area (Å²) in [5.41, 5.74) is 5.76. The molecule has 1 unspecified atom stereocenters. The van der Waals surface area contributed by atoms with Crippen LogP contribution in [0.3, 0.4) is 0 Å². The molecule has 0 amide bonds. The number of hydrogen-bond donors (Lipinski definition) is 1. The summed E-state index contributed by atoms with van der Waals surface area (Å²) in [7, 11) is 0. The van der Waals surface area contributed by atoms with Gasteiger partial charge in [-0.15, -0.1) is 0 Å². The summed E-state index contributed by atoms with van der Waals surface area (Å²) < 4.78 is 0. The third-order valence-corrected chi connectivity index (χ3v) is 3.28. The van der Waals surface area contributed by atoms with Crippen molar-refractivity contribution in [2.24, 2.45) is 11.7 Å². The van der Waals surface area contributed by atoms with Gasteiger partial charge in [-0.2, -0.15) is 11.8 Å². The highest BCUT2D eigenvalue weighted by Gasteiger charge is 2.20. The highest BCUT2D eigenvalue weighted by Crippen LogP contribution is 2.32. The first-order valence-corrected chi connectivity index (χ1v) is 5.31. The molecule has 0 bridgehead atoms. The van der Waals surface area contributed by atoms with E-state index in [1.807, 2.05) is 11.8 Å². The summed E-state index contributed by atoms with van der Waals surface area (Å²) in [6, 6.07) is 0.434. The summed E-state index contributed by atoms with van der Waals surface area (Å²) in [6.07, 6.45) is 4.06. The lowest BCUT2D eigenvalue weighted by molar-refractivity contribution is 0.724.